The molecule has 5 rings (SSSR count). The molecule has 0 atom stereocenters. The third kappa shape index (κ3) is 11.5. The summed E-state index contributed by atoms with van der Waals surface area (Å²) in [6, 6.07) is 20.4. The molecule has 4 aromatic rings. The molecule has 0 unspecified atom stereocenters. The third-order valence-corrected chi connectivity index (χ3v) is 7.36. The first kappa shape index (κ1) is 35.4. The largest absolute Gasteiger partial charge is 0.487 e. The molecule has 0 bridgehead atoms. The van der Waals surface area contributed by atoms with E-state index in [2.05, 4.69) is 62.8 Å². The number of aromatic nitrogens is 2. The number of aliphatic carboxylic acids is 2. The van der Waals surface area contributed by atoms with Crippen molar-refractivity contribution >= 4 is 22.9 Å². The van der Waals surface area contributed by atoms with Crippen LogP contribution >= 0.6 is 0 Å². The number of pyridine rings is 1. The first-order chi connectivity index (χ1) is 22.2. The van der Waals surface area contributed by atoms with Crippen LogP contribution in [0.2, 0.25) is 0 Å². The van der Waals surface area contributed by atoms with E-state index in [1.807, 2.05) is 33.2 Å². The Kier molecular flexibility index (Phi) is 14.4. The van der Waals surface area contributed by atoms with E-state index < -0.39 is 11.9 Å². The molecule has 46 heavy (non-hydrogen) atoms. The predicted octanol–water partition coefficient (Wildman–Crippen LogP) is 5.37. The molecule has 242 valence electrons. The maximum absolute atomic E-state index is 9.55. The van der Waals surface area contributed by atoms with Gasteiger partial charge in [0.1, 0.15) is 18.4 Å². The van der Waals surface area contributed by atoms with Crippen molar-refractivity contribution in [1.82, 2.24) is 20.4 Å². The number of nitrogens with one attached hydrogen (secondary N) is 1. The van der Waals surface area contributed by atoms with Crippen molar-refractivity contribution < 1.29 is 29.1 Å². The Morgan fingerprint density at radius 2 is 1.74 bits per heavy atom. The first-order valence-corrected chi connectivity index (χ1v) is 15.1. The highest BCUT2D eigenvalue weighted by molar-refractivity contribution is 5.89. The molecule has 0 aliphatic carbocycles. The highest BCUT2D eigenvalue weighted by Crippen LogP contribution is 2.31. The molecule has 11 heteroatoms. The van der Waals surface area contributed by atoms with Crippen LogP contribution in [0.25, 0.3) is 11.0 Å². The Morgan fingerprint density at radius 3 is 2.33 bits per heavy atom. The van der Waals surface area contributed by atoms with Crippen molar-refractivity contribution in [2.45, 2.75) is 45.8 Å². The standard InChI is InChI=1S/C29H30N4O2.C4H4O4.C2H7N/c1-21-28(34-20-25-9-7-24(17-30)18-31-25)12-10-26-27(32-35-29(21)26)11-8-22-13-15-33(16-14-22)19-23-5-3-2-4-6-23;5-3(6)1-2-4(7)8;1-3-2/h2-7,9-10,12,18,22H,8,11,13-16,19-20H2,1H3;1-2H,(H,5,6)(H,7,8);3H,1-2H3. The van der Waals surface area contributed by atoms with Gasteiger partial charge in [-0.15, -0.1) is 0 Å². The molecule has 1 aliphatic heterocycles. The van der Waals surface area contributed by atoms with Crippen LogP contribution in [0.15, 0.2) is 77.5 Å². The van der Waals surface area contributed by atoms with Crippen LogP contribution in [0.1, 0.15) is 47.3 Å². The van der Waals surface area contributed by atoms with Gasteiger partial charge in [-0.1, -0.05) is 35.5 Å². The maximum Gasteiger partial charge on any atom is 0.328 e. The van der Waals surface area contributed by atoms with E-state index in [0.29, 0.717) is 24.3 Å². The van der Waals surface area contributed by atoms with E-state index in [4.69, 9.17) is 24.7 Å². The van der Waals surface area contributed by atoms with Gasteiger partial charge in [0.15, 0.2) is 5.58 Å². The molecule has 11 nitrogen and oxygen atoms in total. The molecular formula is C35H41N5O6. The van der Waals surface area contributed by atoms with Crippen molar-refractivity contribution in [3.05, 3.63) is 101 Å². The van der Waals surface area contributed by atoms with E-state index >= 15 is 0 Å². The molecular weight excluding hydrogens is 586 g/mol. The van der Waals surface area contributed by atoms with Gasteiger partial charge < -0.3 is 24.8 Å². The summed E-state index contributed by atoms with van der Waals surface area (Å²) in [5.74, 6) is -1.02. The second-order valence-electron chi connectivity index (χ2n) is 10.9. The Hall–Kier alpha value is -5.05. The Bertz CT molecular complexity index is 1590. The molecule has 0 saturated carbocycles. The fourth-order valence-corrected chi connectivity index (χ4v) is 4.99. The summed E-state index contributed by atoms with van der Waals surface area (Å²) >= 11 is 0. The number of nitriles is 1. The summed E-state index contributed by atoms with van der Waals surface area (Å²) in [6.07, 6.45) is 7.23. The molecule has 2 aromatic heterocycles. The fraction of sp³-hybridized carbons (Fsp3) is 0.343. The molecule has 1 fully saturated rings. The number of rotatable bonds is 10. The number of hydrogen-bond donors (Lipinski definition) is 3. The molecule has 0 radical (unpaired) electrons. The Morgan fingerprint density at radius 1 is 1.07 bits per heavy atom. The predicted molar refractivity (Wildman–Crippen MR) is 174 cm³/mol. The van der Waals surface area contributed by atoms with E-state index in [-0.39, 0.29) is 0 Å². The number of fused-ring (bicyclic) bond motifs is 1. The number of carboxylic acids is 2. The van der Waals surface area contributed by atoms with Crippen LogP contribution in [0, 0.1) is 24.2 Å². The zero-order valence-corrected chi connectivity index (χ0v) is 26.5. The van der Waals surface area contributed by atoms with Crippen LogP contribution in [-0.4, -0.2) is 64.4 Å². The van der Waals surface area contributed by atoms with Crippen LogP contribution in [-0.2, 0) is 29.2 Å². The van der Waals surface area contributed by atoms with Gasteiger partial charge in [-0.05, 0) is 95.5 Å². The lowest BCUT2D eigenvalue weighted by molar-refractivity contribution is -0.134. The smallest absolute Gasteiger partial charge is 0.328 e. The van der Waals surface area contributed by atoms with Gasteiger partial charge in [-0.2, -0.15) is 5.26 Å². The number of hydrogen-bond acceptors (Lipinski definition) is 9. The number of carbonyl (C=O) groups is 2. The van der Waals surface area contributed by atoms with E-state index in [0.717, 1.165) is 72.1 Å². The highest BCUT2D eigenvalue weighted by atomic mass is 16.5. The van der Waals surface area contributed by atoms with Crippen molar-refractivity contribution in [3.8, 4) is 11.8 Å². The summed E-state index contributed by atoms with van der Waals surface area (Å²) in [4.78, 5) is 25.9. The van der Waals surface area contributed by atoms with Crippen LogP contribution in [0.4, 0.5) is 0 Å². The lowest BCUT2D eigenvalue weighted by Gasteiger charge is -2.31. The number of aryl methyl sites for hydroxylation is 2. The molecule has 2 aromatic carbocycles. The van der Waals surface area contributed by atoms with Gasteiger partial charge in [-0.25, -0.2) is 9.59 Å². The molecule has 3 N–H and O–H groups in total. The van der Waals surface area contributed by atoms with Gasteiger partial charge in [0, 0.05) is 35.8 Å². The second-order valence-corrected chi connectivity index (χ2v) is 10.9. The van der Waals surface area contributed by atoms with Crippen molar-refractivity contribution in [2.75, 3.05) is 27.2 Å². The average molecular weight is 628 g/mol. The van der Waals surface area contributed by atoms with Crippen LogP contribution in [0.3, 0.4) is 0 Å². The van der Waals surface area contributed by atoms with E-state index in [1.54, 1.807) is 12.3 Å². The monoisotopic (exact) mass is 627 g/mol. The minimum absolute atomic E-state index is 0.335. The normalized spacial score (nSPS) is 13.3. The number of carboxylic acid groups (broad SMARTS) is 2. The van der Waals surface area contributed by atoms with Crippen LogP contribution < -0.4 is 10.1 Å². The number of ether oxygens (including phenoxy) is 1. The number of likely N-dealkylation sites (tertiary alicyclic amines) is 1. The molecule has 1 aliphatic rings. The van der Waals surface area contributed by atoms with Crippen molar-refractivity contribution in [3.63, 3.8) is 0 Å². The number of benzene rings is 2. The summed E-state index contributed by atoms with van der Waals surface area (Å²) in [7, 11) is 3.75. The van der Waals surface area contributed by atoms with Gasteiger partial charge in [0.2, 0.25) is 0 Å². The minimum atomic E-state index is -1.26. The summed E-state index contributed by atoms with van der Waals surface area (Å²) < 4.78 is 11.7. The quantitative estimate of drug-likeness (QED) is 0.194. The summed E-state index contributed by atoms with van der Waals surface area (Å²) in [5, 5.41) is 32.8. The molecule has 0 spiro atoms. The number of piperidine rings is 1. The zero-order chi connectivity index (χ0) is 33.3. The first-order valence-electron chi connectivity index (χ1n) is 15.1. The van der Waals surface area contributed by atoms with Gasteiger partial charge in [0.25, 0.3) is 0 Å². The minimum Gasteiger partial charge on any atom is -0.487 e. The van der Waals surface area contributed by atoms with Gasteiger partial charge in [0.05, 0.1) is 17.0 Å². The summed E-state index contributed by atoms with van der Waals surface area (Å²) in [6.45, 7) is 5.70. The van der Waals surface area contributed by atoms with Gasteiger partial charge in [-0.3, -0.25) is 9.88 Å². The van der Waals surface area contributed by atoms with Crippen molar-refractivity contribution in [2.24, 2.45) is 5.92 Å². The molecule has 3 heterocycles. The van der Waals surface area contributed by atoms with Crippen molar-refractivity contribution in [1.29, 1.82) is 5.26 Å². The SMILES string of the molecule is CNC.Cc1c(OCc2ccc(C#N)cn2)ccc2c(CCC3CCN(Cc4ccccc4)CC3)noc12.O=C(O)C=CC(=O)O. The van der Waals surface area contributed by atoms with E-state index in [9.17, 15) is 9.59 Å². The molecule has 1 saturated heterocycles. The van der Waals surface area contributed by atoms with Crippen LogP contribution in [0.5, 0.6) is 5.75 Å². The summed E-state index contributed by atoms with van der Waals surface area (Å²) in [5.41, 5.74) is 5.49. The zero-order valence-electron chi connectivity index (χ0n) is 26.5. The number of nitrogens with zero attached hydrogens (tertiary/aromatic N) is 4. The maximum atomic E-state index is 9.55. The lowest BCUT2D eigenvalue weighted by atomic mass is 9.91. The Balaban J connectivity index is 0.000000453. The Labute approximate surface area is 269 Å². The lowest BCUT2D eigenvalue weighted by Crippen LogP contribution is -2.33. The second kappa shape index (κ2) is 18.7. The van der Waals surface area contributed by atoms with E-state index in [1.165, 1.54) is 18.4 Å². The highest BCUT2D eigenvalue weighted by Gasteiger charge is 2.21. The third-order valence-electron chi connectivity index (χ3n) is 7.36. The average Bonchev–Trinajstić information content (AvgIpc) is 3.48. The van der Waals surface area contributed by atoms with Gasteiger partial charge >= 0.3 is 11.9 Å². The fourth-order valence-electron chi connectivity index (χ4n) is 4.99. The molecule has 0 amide bonds. The topological polar surface area (TPSA) is 162 Å².